The first-order valence-corrected chi connectivity index (χ1v) is 7.45. The molecule has 1 fully saturated rings. The lowest BCUT2D eigenvalue weighted by Crippen LogP contribution is -2.22. The predicted octanol–water partition coefficient (Wildman–Crippen LogP) is 3.39. The number of aromatic hydroxyl groups is 1. The van der Waals surface area contributed by atoms with Crippen LogP contribution in [0.4, 0.5) is 4.79 Å². The van der Waals surface area contributed by atoms with Crippen molar-refractivity contribution < 1.29 is 14.7 Å². The number of hydrogen-bond acceptors (Lipinski definition) is 3. The van der Waals surface area contributed by atoms with Crippen LogP contribution < -0.4 is 10.6 Å². The summed E-state index contributed by atoms with van der Waals surface area (Å²) in [5.74, 6) is 0.534. The van der Waals surface area contributed by atoms with Gasteiger partial charge in [0.05, 0.1) is 4.47 Å². The van der Waals surface area contributed by atoms with Crippen molar-refractivity contribution in [3.05, 3.63) is 33.9 Å². The minimum atomic E-state index is -0.533. The predicted molar refractivity (Wildman–Crippen MR) is 85.6 cm³/mol. The fourth-order valence-corrected chi connectivity index (χ4v) is 1.66. The molecule has 3 N–H and O–H groups in total. The second-order valence-electron chi connectivity index (χ2n) is 4.98. The maximum atomic E-state index is 11.2. The number of imide groups is 1. The van der Waals surface area contributed by atoms with Gasteiger partial charge in [-0.3, -0.25) is 10.1 Å². The van der Waals surface area contributed by atoms with E-state index in [1.54, 1.807) is 12.1 Å². The van der Waals surface area contributed by atoms with Gasteiger partial charge in [0, 0.05) is 0 Å². The highest BCUT2D eigenvalue weighted by Gasteiger charge is 2.22. The summed E-state index contributed by atoms with van der Waals surface area (Å²) in [5, 5.41) is 13.7. The highest BCUT2D eigenvalue weighted by atomic mass is 79.9. The number of phenols is 1. The third kappa shape index (κ3) is 5.59. The molecule has 21 heavy (non-hydrogen) atoms. The number of hydrogen-bond donors (Lipinski definition) is 3. The number of carbonyl (C=O) groups excluding carboxylic acids is 2. The summed E-state index contributed by atoms with van der Waals surface area (Å²) in [4.78, 5) is 22.1. The van der Waals surface area contributed by atoms with Crippen LogP contribution >= 0.6 is 15.9 Å². The molecule has 0 aliphatic carbocycles. The van der Waals surface area contributed by atoms with Crippen LogP contribution in [0.3, 0.4) is 0 Å². The molecular weight excluding hydrogens is 336 g/mol. The van der Waals surface area contributed by atoms with Gasteiger partial charge < -0.3 is 10.4 Å². The molecule has 0 bridgehead atoms. The van der Waals surface area contributed by atoms with E-state index in [0.29, 0.717) is 10.0 Å². The highest BCUT2D eigenvalue weighted by Crippen LogP contribution is 2.25. The van der Waals surface area contributed by atoms with Crippen LogP contribution in [0.25, 0.3) is 6.08 Å². The van der Waals surface area contributed by atoms with Gasteiger partial charge in [0.1, 0.15) is 11.4 Å². The Bertz CT molecular complexity index is 568. The van der Waals surface area contributed by atoms with Crippen molar-refractivity contribution in [2.24, 2.45) is 5.92 Å². The van der Waals surface area contributed by atoms with E-state index in [2.05, 4.69) is 47.3 Å². The first-order chi connectivity index (χ1) is 9.83. The molecule has 0 unspecified atom stereocenters. The Balaban J connectivity index is 0.000000383. The molecule has 1 aromatic carbocycles. The van der Waals surface area contributed by atoms with Crippen molar-refractivity contribution in [2.75, 3.05) is 0 Å². The molecule has 0 radical (unpaired) electrons. The number of halogens is 1. The second kappa shape index (κ2) is 7.83. The molecule has 114 valence electrons. The molecular formula is C15H19BrN2O3. The number of nitrogens with one attached hydrogen (secondary N) is 2. The lowest BCUT2D eigenvalue weighted by Gasteiger charge is -1.99. The van der Waals surface area contributed by atoms with Crippen molar-refractivity contribution >= 4 is 33.9 Å². The molecule has 1 heterocycles. The van der Waals surface area contributed by atoms with Crippen molar-refractivity contribution in [3.63, 3.8) is 0 Å². The van der Waals surface area contributed by atoms with E-state index >= 15 is 0 Å². The highest BCUT2D eigenvalue weighted by molar-refractivity contribution is 9.10. The number of carbonyl (C=O) groups is 2. The number of amides is 3. The van der Waals surface area contributed by atoms with Crippen LogP contribution in [-0.4, -0.2) is 17.0 Å². The van der Waals surface area contributed by atoms with Crippen LogP contribution in [0.1, 0.15) is 32.8 Å². The van der Waals surface area contributed by atoms with Crippen LogP contribution in [0.2, 0.25) is 0 Å². The van der Waals surface area contributed by atoms with Crippen LogP contribution in [0.15, 0.2) is 28.4 Å². The molecule has 1 aliphatic rings. The van der Waals surface area contributed by atoms with E-state index in [1.807, 2.05) is 0 Å². The average Bonchev–Trinajstić information content (AvgIpc) is 2.73. The lowest BCUT2D eigenvalue weighted by atomic mass is 10.2. The van der Waals surface area contributed by atoms with Crippen molar-refractivity contribution in [1.82, 2.24) is 10.6 Å². The molecule has 0 atom stereocenters. The molecule has 1 saturated heterocycles. The summed E-state index contributed by atoms with van der Waals surface area (Å²) in [6.07, 6.45) is 2.82. The van der Waals surface area contributed by atoms with E-state index in [9.17, 15) is 14.7 Å². The van der Waals surface area contributed by atoms with E-state index in [4.69, 9.17) is 0 Å². The SMILES string of the molecule is CCC(C)C.O=C1NC(=O)/C(=C\c2ccc(O)c(Br)c2)N1. The minimum Gasteiger partial charge on any atom is -0.507 e. The monoisotopic (exact) mass is 354 g/mol. The maximum Gasteiger partial charge on any atom is 0.326 e. The molecule has 1 aliphatic heterocycles. The van der Waals surface area contributed by atoms with Crippen LogP contribution in [0, 0.1) is 5.92 Å². The zero-order valence-corrected chi connectivity index (χ0v) is 13.8. The smallest absolute Gasteiger partial charge is 0.326 e. The van der Waals surface area contributed by atoms with Gasteiger partial charge in [-0.15, -0.1) is 0 Å². The van der Waals surface area contributed by atoms with Gasteiger partial charge in [-0.1, -0.05) is 33.3 Å². The third-order valence-electron chi connectivity index (χ3n) is 2.82. The van der Waals surface area contributed by atoms with Crippen LogP contribution in [-0.2, 0) is 4.79 Å². The average molecular weight is 355 g/mol. The summed E-state index contributed by atoms with van der Waals surface area (Å²) in [7, 11) is 0. The van der Waals surface area contributed by atoms with Crippen molar-refractivity contribution in [2.45, 2.75) is 27.2 Å². The number of urea groups is 1. The normalized spacial score (nSPS) is 15.6. The molecule has 0 saturated carbocycles. The van der Waals surface area contributed by atoms with E-state index in [1.165, 1.54) is 18.6 Å². The molecule has 1 aromatic rings. The molecule has 2 rings (SSSR count). The zero-order chi connectivity index (χ0) is 16.0. The lowest BCUT2D eigenvalue weighted by molar-refractivity contribution is -0.115. The van der Waals surface area contributed by atoms with Gasteiger partial charge >= 0.3 is 6.03 Å². The third-order valence-corrected chi connectivity index (χ3v) is 3.45. The Kier molecular flexibility index (Phi) is 6.42. The largest absolute Gasteiger partial charge is 0.507 e. The second-order valence-corrected chi connectivity index (χ2v) is 5.83. The molecule has 3 amide bonds. The zero-order valence-electron chi connectivity index (χ0n) is 12.2. The Hall–Kier alpha value is -1.82. The van der Waals surface area contributed by atoms with Gasteiger partial charge in [0.2, 0.25) is 0 Å². The Morgan fingerprint density at radius 3 is 2.33 bits per heavy atom. The molecule has 0 spiro atoms. The fourth-order valence-electron chi connectivity index (χ4n) is 1.26. The Morgan fingerprint density at radius 1 is 1.29 bits per heavy atom. The number of benzene rings is 1. The first kappa shape index (κ1) is 17.2. The fraction of sp³-hybridized carbons (Fsp3) is 0.333. The van der Waals surface area contributed by atoms with Crippen molar-refractivity contribution in [3.8, 4) is 5.75 Å². The Labute approximate surface area is 132 Å². The standard InChI is InChI=1S/C10H7BrN2O3.C5H12/c11-6-3-5(1-2-8(6)14)4-7-9(15)13-10(16)12-7;1-4-5(2)3/h1-4,14H,(H2,12,13,15,16);5H,4H2,1-3H3/b7-4+;. The van der Waals surface area contributed by atoms with Crippen molar-refractivity contribution in [1.29, 1.82) is 0 Å². The van der Waals surface area contributed by atoms with Gasteiger partial charge in [-0.25, -0.2) is 4.79 Å². The summed E-state index contributed by atoms with van der Waals surface area (Å²) in [6, 6.07) is 4.23. The molecule has 5 nitrogen and oxygen atoms in total. The molecule has 0 aromatic heterocycles. The van der Waals surface area contributed by atoms with E-state index in [0.717, 1.165) is 5.92 Å². The minimum absolute atomic E-state index is 0.113. The van der Waals surface area contributed by atoms with Gasteiger partial charge in [-0.05, 0) is 45.6 Å². The van der Waals surface area contributed by atoms with Gasteiger partial charge in [0.25, 0.3) is 5.91 Å². The Morgan fingerprint density at radius 2 is 1.90 bits per heavy atom. The quantitative estimate of drug-likeness (QED) is 0.562. The number of phenolic OH excluding ortho intramolecular Hbond substituents is 1. The van der Waals surface area contributed by atoms with Gasteiger partial charge in [-0.2, -0.15) is 0 Å². The molecule has 6 heteroatoms. The van der Waals surface area contributed by atoms with Gasteiger partial charge in [0.15, 0.2) is 0 Å². The van der Waals surface area contributed by atoms with E-state index in [-0.39, 0.29) is 11.4 Å². The first-order valence-electron chi connectivity index (χ1n) is 6.66. The summed E-state index contributed by atoms with van der Waals surface area (Å²) in [5.41, 5.74) is 0.875. The van der Waals surface area contributed by atoms with E-state index < -0.39 is 11.9 Å². The summed E-state index contributed by atoms with van der Waals surface area (Å²) < 4.78 is 0.520. The summed E-state index contributed by atoms with van der Waals surface area (Å²) >= 11 is 3.16. The summed E-state index contributed by atoms with van der Waals surface area (Å²) in [6.45, 7) is 6.64. The maximum absolute atomic E-state index is 11.2. The number of rotatable bonds is 2. The topological polar surface area (TPSA) is 78.4 Å². The van der Waals surface area contributed by atoms with Crippen LogP contribution in [0.5, 0.6) is 5.75 Å².